The molecular weight excluding hydrogens is 710 g/mol. The highest BCUT2D eigenvalue weighted by molar-refractivity contribution is 7.74. The highest BCUT2D eigenvalue weighted by atomic mass is 31.2. The van der Waals surface area contributed by atoms with Gasteiger partial charge in [0, 0.05) is 6.07 Å². The molecule has 0 amide bonds. The van der Waals surface area contributed by atoms with Crippen LogP contribution in [-0.4, -0.2) is 20.4 Å². The summed E-state index contributed by atoms with van der Waals surface area (Å²) in [6, 6.07) is 33.2. The Balaban J connectivity index is 0.000000206. The summed E-state index contributed by atoms with van der Waals surface area (Å²) >= 11 is 0. The standard InChI is InChI=1S/C22H23O5P.C20H19O4P/c1-14-7-5-8-15(2)21(14)26-28(25,20-13-18(23)11-12-19(20)24)27-22-16(3)9-6-10-17(22)4;1-14-7-6-8-15(2)20(14)24-25(23,17-9-4-3-5-10-17)19-13-16(21)11-12-18(19)22/h5-13,23-24H,1-4H3;3-13,21-22H,1-2H3. The lowest BCUT2D eigenvalue weighted by molar-refractivity contribution is 0.391. The SMILES string of the molecule is Cc1cccc(C)c1OP(=O)(Oc1c(C)cccc1C)c1cc(O)ccc1O.Cc1cccc(C)c1OP(=O)(c1ccccc1)c1cc(O)ccc1O. The van der Waals surface area contributed by atoms with E-state index in [2.05, 4.69) is 0 Å². The summed E-state index contributed by atoms with van der Waals surface area (Å²) in [5, 5.41) is 40.8. The van der Waals surface area contributed by atoms with Crippen LogP contribution in [0, 0.1) is 41.5 Å². The van der Waals surface area contributed by atoms with Crippen molar-refractivity contribution in [3.05, 3.63) is 155 Å². The van der Waals surface area contributed by atoms with Crippen LogP contribution in [0.3, 0.4) is 0 Å². The van der Waals surface area contributed by atoms with E-state index in [1.54, 1.807) is 24.3 Å². The maximum Gasteiger partial charge on any atom is 0.466 e. The highest BCUT2D eigenvalue weighted by Crippen LogP contribution is 2.53. The van der Waals surface area contributed by atoms with Crippen LogP contribution in [-0.2, 0) is 9.13 Å². The van der Waals surface area contributed by atoms with E-state index in [9.17, 15) is 29.6 Å². The summed E-state index contributed by atoms with van der Waals surface area (Å²) in [5.41, 5.74) is 4.82. The Morgan fingerprint density at radius 3 is 1.19 bits per heavy atom. The second kappa shape index (κ2) is 16.0. The van der Waals surface area contributed by atoms with Crippen molar-refractivity contribution in [2.75, 3.05) is 0 Å². The second-order valence-corrected chi connectivity index (χ2v) is 16.8. The number of aromatic hydroxyl groups is 4. The Kier molecular flexibility index (Phi) is 11.6. The summed E-state index contributed by atoms with van der Waals surface area (Å²) in [4.78, 5) is 0. The van der Waals surface area contributed by atoms with Gasteiger partial charge in [0.25, 0.3) is 0 Å². The molecule has 53 heavy (non-hydrogen) atoms. The zero-order chi connectivity index (χ0) is 38.5. The van der Waals surface area contributed by atoms with Gasteiger partial charge in [0.15, 0.2) is 0 Å². The number of phenols is 4. The molecule has 274 valence electrons. The minimum atomic E-state index is -4.10. The molecule has 9 nitrogen and oxygen atoms in total. The molecule has 0 aliphatic carbocycles. The molecule has 0 fully saturated rings. The van der Waals surface area contributed by atoms with Crippen molar-refractivity contribution >= 4 is 30.9 Å². The van der Waals surface area contributed by atoms with Gasteiger partial charge in [0.1, 0.15) is 45.6 Å². The fourth-order valence-electron chi connectivity index (χ4n) is 5.66. The van der Waals surface area contributed by atoms with Gasteiger partial charge in [-0.2, -0.15) is 0 Å². The predicted molar refractivity (Wildman–Crippen MR) is 210 cm³/mol. The first-order valence-corrected chi connectivity index (χ1v) is 19.9. The number of hydrogen-bond acceptors (Lipinski definition) is 9. The quantitative estimate of drug-likeness (QED) is 0.0840. The molecule has 6 rings (SSSR count). The molecule has 0 spiro atoms. The molecule has 0 bridgehead atoms. The summed E-state index contributed by atoms with van der Waals surface area (Å²) in [5.74, 6) is 0.643. The first kappa shape index (κ1) is 38.6. The van der Waals surface area contributed by atoms with Crippen LogP contribution in [0.5, 0.6) is 40.2 Å². The monoisotopic (exact) mass is 752 g/mol. The van der Waals surface area contributed by atoms with Crippen molar-refractivity contribution in [1.29, 1.82) is 0 Å². The fraction of sp³-hybridized carbons (Fsp3) is 0.143. The van der Waals surface area contributed by atoms with Gasteiger partial charge in [-0.3, -0.25) is 4.57 Å². The maximum atomic E-state index is 14.0. The number of hydrogen-bond donors (Lipinski definition) is 4. The minimum absolute atomic E-state index is 0.0707. The minimum Gasteiger partial charge on any atom is -0.508 e. The lowest BCUT2D eigenvalue weighted by Crippen LogP contribution is -2.21. The van der Waals surface area contributed by atoms with Crippen molar-refractivity contribution in [2.24, 2.45) is 0 Å². The van der Waals surface area contributed by atoms with E-state index in [1.165, 1.54) is 36.4 Å². The van der Waals surface area contributed by atoms with Gasteiger partial charge in [-0.25, -0.2) is 4.57 Å². The third-order valence-electron chi connectivity index (χ3n) is 8.50. The average Bonchev–Trinajstić information content (AvgIpc) is 3.12. The van der Waals surface area contributed by atoms with Gasteiger partial charge < -0.3 is 34.0 Å². The number of benzene rings is 6. The molecule has 11 heteroatoms. The Hall–Kier alpha value is -5.62. The molecule has 6 aromatic rings. The fourth-order valence-corrected chi connectivity index (χ4v) is 9.87. The average molecular weight is 753 g/mol. The normalized spacial score (nSPS) is 12.2. The third-order valence-corrected chi connectivity index (χ3v) is 12.7. The van der Waals surface area contributed by atoms with E-state index in [0.29, 0.717) is 22.6 Å². The summed E-state index contributed by atoms with van der Waals surface area (Å²) in [6.45, 7) is 11.1. The molecule has 4 N–H and O–H groups in total. The molecule has 0 saturated heterocycles. The summed E-state index contributed by atoms with van der Waals surface area (Å²) in [6.07, 6.45) is 0. The predicted octanol–water partition coefficient (Wildman–Crippen LogP) is 9.33. The third kappa shape index (κ3) is 8.55. The Morgan fingerprint density at radius 1 is 0.415 bits per heavy atom. The van der Waals surface area contributed by atoms with Crippen LogP contribution in [0.1, 0.15) is 33.4 Å². The molecule has 0 aliphatic rings. The van der Waals surface area contributed by atoms with Crippen molar-refractivity contribution in [3.63, 3.8) is 0 Å². The van der Waals surface area contributed by atoms with Gasteiger partial charge in [0.2, 0.25) is 0 Å². The van der Waals surface area contributed by atoms with Crippen LogP contribution in [0.4, 0.5) is 0 Å². The van der Waals surface area contributed by atoms with E-state index in [1.807, 2.05) is 102 Å². The maximum absolute atomic E-state index is 14.0. The van der Waals surface area contributed by atoms with E-state index < -0.39 is 15.0 Å². The molecule has 1 atom stereocenters. The van der Waals surface area contributed by atoms with Gasteiger partial charge in [-0.1, -0.05) is 72.8 Å². The van der Waals surface area contributed by atoms with Crippen LogP contribution in [0.15, 0.2) is 121 Å². The van der Waals surface area contributed by atoms with Gasteiger partial charge in [0.05, 0.1) is 10.6 Å². The zero-order valence-corrected chi connectivity index (χ0v) is 32.1. The first-order valence-electron chi connectivity index (χ1n) is 16.7. The molecule has 0 saturated carbocycles. The summed E-state index contributed by atoms with van der Waals surface area (Å²) in [7, 11) is -7.77. The number of phenolic OH excluding ortho intramolecular Hbond substituents is 4. The molecule has 0 aromatic heterocycles. The Labute approximate surface area is 309 Å². The molecule has 0 aliphatic heterocycles. The molecular formula is C42H42O9P2. The number of aryl methyl sites for hydroxylation is 6. The zero-order valence-electron chi connectivity index (χ0n) is 30.3. The Morgan fingerprint density at radius 2 is 0.774 bits per heavy atom. The molecule has 0 heterocycles. The van der Waals surface area contributed by atoms with Crippen molar-refractivity contribution in [2.45, 2.75) is 41.5 Å². The topological polar surface area (TPSA) is 143 Å². The lowest BCUT2D eigenvalue weighted by Gasteiger charge is -2.24. The van der Waals surface area contributed by atoms with Crippen LogP contribution in [0.25, 0.3) is 0 Å². The smallest absolute Gasteiger partial charge is 0.466 e. The van der Waals surface area contributed by atoms with E-state index in [0.717, 1.165) is 33.4 Å². The van der Waals surface area contributed by atoms with Crippen LogP contribution >= 0.6 is 15.0 Å². The van der Waals surface area contributed by atoms with E-state index in [4.69, 9.17) is 13.6 Å². The van der Waals surface area contributed by atoms with Gasteiger partial charge in [-0.05, 0) is 117 Å². The van der Waals surface area contributed by atoms with Crippen molar-refractivity contribution in [3.8, 4) is 40.2 Å². The van der Waals surface area contributed by atoms with Crippen LogP contribution < -0.4 is 29.5 Å². The largest absolute Gasteiger partial charge is 0.508 e. The van der Waals surface area contributed by atoms with E-state index >= 15 is 0 Å². The Bertz CT molecular complexity index is 2240. The van der Waals surface area contributed by atoms with Gasteiger partial charge >= 0.3 is 15.0 Å². The van der Waals surface area contributed by atoms with Gasteiger partial charge in [-0.15, -0.1) is 0 Å². The van der Waals surface area contributed by atoms with Crippen molar-refractivity contribution in [1.82, 2.24) is 0 Å². The van der Waals surface area contributed by atoms with E-state index in [-0.39, 0.29) is 33.6 Å². The molecule has 6 aromatic carbocycles. The number of para-hydroxylation sites is 3. The lowest BCUT2D eigenvalue weighted by atomic mass is 10.1. The highest BCUT2D eigenvalue weighted by Gasteiger charge is 2.37. The molecule has 1 unspecified atom stereocenters. The van der Waals surface area contributed by atoms with Crippen LogP contribution in [0.2, 0.25) is 0 Å². The number of rotatable bonds is 9. The first-order chi connectivity index (χ1) is 25.1. The second-order valence-electron chi connectivity index (χ2n) is 12.7. The summed E-state index contributed by atoms with van der Waals surface area (Å²) < 4.78 is 46.0. The molecule has 0 radical (unpaired) electrons. The van der Waals surface area contributed by atoms with Crippen molar-refractivity contribution < 1.29 is 43.1 Å².